The minimum Gasteiger partial charge on any atom is -0.382 e. The number of nitrogens with one attached hydrogen (secondary N) is 1. The summed E-state index contributed by atoms with van der Waals surface area (Å²) in [5.74, 6) is 0.720. The zero-order valence-electron chi connectivity index (χ0n) is 14.2. The molecule has 6 nitrogen and oxygen atoms in total. The van der Waals surface area contributed by atoms with Crippen LogP contribution in [0, 0.1) is 6.92 Å². The minimum absolute atomic E-state index is 0.00107. The molecule has 0 radical (unpaired) electrons. The lowest BCUT2D eigenvalue weighted by atomic mass is 10.1. The second kappa shape index (κ2) is 7.44. The standard InChI is InChI=1S/C17H23N3O3S/c1-3-23-10-6-8-18-15(21)14-11(2)13-16(24-14)19-12-7-4-5-9-20(12)17(13)22/h3-10H2,1-2H3,(H,18,21). The van der Waals surface area contributed by atoms with Gasteiger partial charge in [0.1, 0.15) is 10.7 Å². The molecular formula is C17H23N3O3S. The van der Waals surface area contributed by atoms with Crippen molar-refractivity contribution in [2.45, 2.75) is 46.1 Å². The molecule has 7 heteroatoms. The van der Waals surface area contributed by atoms with E-state index in [4.69, 9.17) is 4.74 Å². The normalized spacial score (nSPS) is 13.9. The summed E-state index contributed by atoms with van der Waals surface area (Å²) in [6, 6.07) is 0. The summed E-state index contributed by atoms with van der Waals surface area (Å²) < 4.78 is 7.04. The molecule has 2 aromatic heterocycles. The number of amides is 1. The molecule has 1 N–H and O–H groups in total. The first-order valence-electron chi connectivity index (χ1n) is 8.52. The Balaban J connectivity index is 1.84. The van der Waals surface area contributed by atoms with Crippen molar-refractivity contribution < 1.29 is 9.53 Å². The summed E-state index contributed by atoms with van der Waals surface area (Å²) in [6.07, 6.45) is 3.69. The van der Waals surface area contributed by atoms with Crippen LogP contribution in [0.2, 0.25) is 0 Å². The molecule has 3 rings (SSSR count). The van der Waals surface area contributed by atoms with Gasteiger partial charge < -0.3 is 10.1 Å². The van der Waals surface area contributed by atoms with Crippen molar-refractivity contribution >= 4 is 27.5 Å². The third kappa shape index (κ3) is 3.23. The maximum absolute atomic E-state index is 12.7. The molecule has 0 atom stereocenters. The Hall–Kier alpha value is -1.73. The molecule has 1 aliphatic rings. The summed E-state index contributed by atoms with van der Waals surface area (Å²) in [4.78, 5) is 31.1. The van der Waals surface area contributed by atoms with Crippen LogP contribution in [0.1, 0.15) is 47.2 Å². The predicted octanol–water partition coefficient (Wildman–Crippen LogP) is 2.26. The van der Waals surface area contributed by atoms with Crippen LogP contribution in [-0.2, 0) is 17.7 Å². The Bertz CT molecular complexity index is 809. The van der Waals surface area contributed by atoms with Gasteiger partial charge in [-0.2, -0.15) is 0 Å². The number of ether oxygens (including phenoxy) is 1. The maximum atomic E-state index is 12.7. The van der Waals surface area contributed by atoms with Crippen molar-refractivity contribution in [1.82, 2.24) is 14.9 Å². The van der Waals surface area contributed by atoms with E-state index in [0.29, 0.717) is 34.9 Å². The lowest BCUT2D eigenvalue weighted by Crippen LogP contribution is -2.28. The third-order valence-corrected chi connectivity index (χ3v) is 5.51. The molecule has 0 unspecified atom stereocenters. The first-order chi connectivity index (χ1) is 11.6. The zero-order valence-corrected chi connectivity index (χ0v) is 15.0. The topological polar surface area (TPSA) is 73.2 Å². The highest BCUT2D eigenvalue weighted by Crippen LogP contribution is 2.28. The summed E-state index contributed by atoms with van der Waals surface area (Å²) in [5, 5.41) is 3.51. The number of aryl methyl sites for hydroxylation is 2. The summed E-state index contributed by atoms with van der Waals surface area (Å²) in [6.45, 7) is 6.40. The second-order valence-corrected chi connectivity index (χ2v) is 6.98. The van der Waals surface area contributed by atoms with E-state index in [1.165, 1.54) is 11.3 Å². The van der Waals surface area contributed by atoms with E-state index in [-0.39, 0.29) is 11.5 Å². The molecule has 24 heavy (non-hydrogen) atoms. The molecule has 0 fully saturated rings. The van der Waals surface area contributed by atoms with Crippen LogP contribution in [-0.4, -0.2) is 35.2 Å². The van der Waals surface area contributed by atoms with Crippen molar-refractivity contribution in [3.63, 3.8) is 0 Å². The Morgan fingerprint density at radius 2 is 2.25 bits per heavy atom. The first kappa shape index (κ1) is 17.1. The van der Waals surface area contributed by atoms with Crippen LogP contribution in [0.4, 0.5) is 0 Å². The Kier molecular flexibility index (Phi) is 5.30. The largest absolute Gasteiger partial charge is 0.382 e. The van der Waals surface area contributed by atoms with Gasteiger partial charge in [0.2, 0.25) is 0 Å². The van der Waals surface area contributed by atoms with Gasteiger partial charge in [-0.05, 0) is 38.7 Å². The molecule has 0 bridgehead atoms. The van der Waals surface area contributed by atoms with Crippen LogP contribution in [0.5, 0.6) is 0 Å². The Labute approximate surface area is 144 Å². The molecule has 0 saturated heterocycles. The molecule has 130 valence electrons. The number of hydrogen-bond donors (Lipinski definition) is 1. The maximum Gasteiger partial charge on any atom is 0.262 e. The number of nitrogens with zero attached hydrogens (tertiary/aromatic N) is 2. The SMILES string of the molecule is CCOCCCNC(=O)c1sc2nc3n(c(=O)c2c1C)CCCC3. The summed E-state index contributed by atoms with van der Waals surface area (Å²) in [7, 11) is 0. The molecule has 0 aromatic carbocycles. The highest BCUT2D eigenvalue weighted by molar-refractivity contribution is 7.20. The summed E-state index contributed by atoms with van der Waals surface area (Å²) in [5.41, 5.74) is 0.745. The van der Waals surface area contributed by atoms with Gasteiger partial charge >= 0.3 is 0 Å². The van der Waals surface area contributed by atoms with Crippen LogP contribution < -0.4 is 10.9 Å². The molecule has 0 spiro atoms. The first-order valence-corrected chi connectivity index (χ1v) is 9.34. The van der Waals surface area contributed by atoms with E-state index in [2.05, 4.69) is 10.3 Å². The molecule has 3 heterocycles. The number of thiophene rings is 1. The minimum atomic E-state index is -0.130. The average molecular weight is 349 g/mol. The van der Waals surface area contributed by atoms with Crippen molar-refractivity contribution in [3.8, 4) is 0 Å². The van der Waals surface area contributed by atoms with Gasteiger partial charge in [-0.1, -0.05) is 0 Å². The zero-order chi connectivity index (χ0) is 17.1. The van der Waals surface area contributed by atoms with Gasteiger partial charge in [0.05, 0.1) is 10.3 Å². The molecule has 2 aromatic rings. The van der Waals surface area contributed by atoms with Crippen LogP contribution in [0.25, 0.3) is 10.2 Å². The number of rotatable bonds is 6. The fourth-order valence-electron chi connectivity index (χ4n) is 3.05. The highest BCUT2D eigenvalue weighted by Gasteiger charge is 2.22. The van der Waals surface area contributed by atoms with Gasteiger partial charge in [-0.3, -0.25) is 14.2 Å². The second-order valence-electron chi connectivity index (χ2n) is 5.98. The molecular weight excluding hydrogens is 326 g/mol. The number of aromatic nitrogens is 2. The fraction of sp³-hybridized carbons (Fsp3) is 0.588. The van der Waals surface area contributed by atoms with E-state index in [1.54, 1.807) is 4.57 Å². The van der Waals surface area contributed by atoms with Crippen molar-refractivity contribution in [2.75, 3.05) is 19.8 Å². The number of carbonyl (C=O) groups is 1. The van der Waals surface area contributed by atoms with Gasteiger partial charge in [0.25, 0.3) is 11.5 Å². The van der Waals surface area contributed by atoms with Crippen LogP contribution in [0.3, 0.4) is 0 Å². The van der Waals surface area contributed by atoms with Crippen LogP contribution >= 0.6 is 11.3 Å². The molecule has 0 saturated carbocycles. The van der Waals surface area contributed by atoms with E-state index < -0.39 is 0 Å². The lowest BCUT2D eigenvalue weighted by Gasteiger charge is -2.16. The van der Waals surface area contributed by atoms with Crippen molar-refractivity contribution in [3.05, 3.63) is 26.6 Å². The number of fused-ring (bicyclic) bond motifs is 2. The summed E-state index contributed by atoms with van der Waals surface area (Å²) >= 11 is 1.32. The Morgan fingerprint density at radius 3 is 3.04 bits per heavy atom. The smallest absolute Gasteiger partial charge is 0.262 e. The van der Waals surface area contributed by atoms with E-state index in [0.717, 1.165) is 43.6 Å². The van der Waals surface area contributed by atoms with E-state index >= 15 is 0 Å². The van der Waals surface area contributed by atoms with Crippen molar-refractivity contribution in [2.24, 2.45) is 0 Å². The van der Waals surface area contributed by atoms with Gasteiger partial charge in [-0.15, -0.1) is 11.3 Å². The quantitative estimate of drug-likeness (QED) is 0.812. The van der Waals surface area contributed by atoms with Crippen LogP contribution in [0.15, 0.2) is 4.79 Å². The number of carbonyl (C=O) groups excluding carboxylic acids is 1. The molecule has 1 amide bonds. The van der Waals surface area contributed by atoms with Gasteiger partial charge in [-0.25, -0.2) is 4.98 Å². The van der Waals surface area contributed by atoms with Gasteiger partial charge in [0, 0.05) is 32.7 Å². The highest BCUT2D eigenvalue weighted by atomic mass is 32.1. The fourth-order valence-corrected chi connectivity index (χ4v) is 4.16. The predicted molar refractivity (Wildman–Crippen MR) is 95.0 cm³/mol. The lowest BCUT2D eigenvalue weighted by molar-refractivity contribution is 0.0948. The average Bonchev–Trinajstić information content (AvgIpc) is 2.92. The van der Waals surface area contributed by atoms with Crippen molar-refractivity contribution in [1.29, 1.82) is 0 Å². The van der Waals surface area contributed by atoms with E-state index in [9.17, 15) is 9.59 Å². The Morgan fingerprint density at radius 1 is 1.42 bits per heavy atom. The number of hydrogen-bond acceptors (Lipinski definition) is 5. The third-order valence-electron chi connectivity index (χ3n) is 4.32. The molecule has 1 aliphatic heterocycles. The monoisotopic (exact) mass is 349 g/mol. The van der Waals surface area contributed by atoms with E-state index in [1.807, 2.05) is 13.8 Å². The molecule has 0 aliphatic carbocycles. The van der Waals surface area contributed by atoms with Gasteiger partial charge in [0.15, 0.2) is 0 Å².